The van der Waals surface area contributed by atoms with Gasteiger partial charge in [-0.3, -0.25) is 9.58 Å². The van der Waals surface area contributed by atoms with Crippen molar-refractivity contribution in [1.82, 2.24) is 24.8 Å². The number of anilines is 1. The van der Waals surface area contributed by atoms with Crippen LogP contribution in [0, 0.1) is 5.41 Å². The fourth-order valence-corrected chi connectivity index (χ4v) is 4.63. The van der Waals surface area contributed by atoms with Crippen LogP contribution in [-0.4, -0.2) is 69.6 Å². The van der Waals surface area contributed by atoms with Gasteiger partial charge in [-0.15, -0.1) is 0 Å². The van der Waals surface area contributed by atoms with Crippen LogP contribution < -0.4 is 4.90 Å². The number of likely N-dealkylation sites (tertiary alicyclic amines) is 1. The molecule has 0 radical (unpaired) electrons. The van der Waals surface area contributed by atoms with E-state index in [-0.39, 0.29) is 11.5 Å². The maximum absolute atomic E-state index is 9.84. The third-order valence-electron chi connectivity index (χ3n) is 6.47. The lowest BCUT2D eigenvalue weighted by Crippen LogP contribution is -2.61. The monoisotopic (exact) mass is 412 g/mol. The van der Waals surface area contributed by atoms with Gasteiger partial charge in [0, 0.05) is 55.7 Å². The minimum atomic E-state index is -0.804. The fourth-order valence-electron chi connectivity index (χ4n) is 4.63. The van der Waals surface area contributed by atoms with Crippen molar-refractivity contribution in [3.8, 4) is 11.4 Å². The lowest BCUT2D eigenvalue weighted by molar-refractivity contribution is -0.189. The summed E-state index contributed by atoms with van der Waals surface area (Å²) < 4.78 is 12.6. The summed E-state index contributed by atoms with van der Waals surface area (Å²) in [5.41, 5.74) is 2.26. The second kappa shape index (κ2) is 7.33. The summed E-state index contributed by atoms with van der Waals surface area (Å²) in [5.74, 6) is 0.599. The molecular formula is C21H28N6O3. The second-order valence-electron chi connectivity index (χ2n) is 8.81. The highest BCUT2D eigenvalue weighted by Crippen LogP contribution is 2.42. The summed E-state index contributed by atoms with van der Waals surface area (Å²) in [7, 11) is 1.53. The van der Waals surface area contributed by atoms with E-state index in [1.807, 2.05) is 27.9 Å². The molecule has 3 aromatic rings. The van der Waals surface area contributed by atoms with Crippen molar-refractivity contribution in [2.45, 2.75) is 39.1 Å². The van der Waals surface area contributed by atoms with Crippen LogP contribution >= 0.6 is 0 Å². The number of nitrogens with zero attached hydrogens (tertiary/aromatic N) is 6. The minimum Gasteiger partial charge on any atom is -0.356 e. The van der Waals surface area contributed by atoms with Gasteiger partial charge in [0.05, 0.1) is 11.7 Å². The van der Waals surface area contributed by atoms with E-state index in [9.17, 15) is 5.11 Å². The smallest absolute Gasteiger partial charge is 0.324 e. The SMILES string of the molecule is COC(O)N1CCC2(CC1)CN(c1nc(-c3ccc4cnn(C(C)C)c4c3)no1)C2. The minimum absolute atomic E-state index is 0.265. The number of aliphatic hydroxyl groups excluding tert-OH is 1. The van der Waals surface area contributed by atoms with Crippen LogP contribution in [0.1, 0.15) is 32.7 Å². The van der Waals surface area contributed by atoms with E-state index in [1.165, 1.54) is 7.11 Å². The zero-order valence-electron chi connectivity index (χ0n) is 17.7. The van der Waals surface area contributed by atoms with Gasteiger partial charge in [0.2, 0.25) is 12.2 Å². The van der Waals surface area contributed by atoms with Crippen LogP contribution in [0.25, 0.3) is 22.3 Å². The lowest BCUT2D eigenvalue weighted by Gasteiger charge is -2.53. The van der Waals surface area contributed by atoms with Crippen LogP contribution in [0.4, 0.5) is 6.01 Å². The quantitative estimate of drug-likeness (QED) is 0.639. The molecule has 2 fully saturated rings. The Hall–Kier alpha value is -2.49. The van der Waals surface area contributed by atoms with Crippen molar-refractivity contribution in [3.05, 3.63) is 24.4 Å². The average molecular weight is 412 g/mol. The number of piperidine rings is 1. The fraction of sp³-hybridized carbons (Fsp3) is 0.571. The molecule has 2 aliphatic heterocycles. The molecule has 0 amide bonds. The Morgan fingerprint density at radius 3 is 2.67 bits per heavy atom. The first kappa shape index (κ1) is 19.5. The van der Waals surface area contributed by atoms with Crippen molar-refractivity contribution < 1.29 is 14.4 Å². The van der Waals surface area contributed by atoms with Gasteiger partial charge >= 0.3 is 6.01 Å². The Labute approximate surface area is 175 Å². The number of hydrogen-bond acceptors (Lipinski definition) is 8. The lowest BCUT2D eigenvalue weighted by atomic mass is 9.72. The molecule has 2 aliphatic rings. The predicted molar refractivity (Wildman–Crippen MR) is 112 cm³/mol. The average Bonchev–Trinajstić information content (AvgIpc) is 3.38. The number of methoxy groups -OCH3 is 1. The van der Waals surface area contributed by atoms with Crippen LogP contribution in [-0.2, 0) is 4.74 Å². The van der Waals surface area contributed by atoms with Gasteiger partial charge in [0.1, 0.15) is 0 Å². The van der Waals surface area contributed by atoms with Gasteiger partial charge in [0.15, 0.2) is 0 Å². The second-order valence-corrected chi connectivity index (χ2v) is 8.81. The molecule has 30 heavy (non-hydrogen) atoms. The van der Waals surface area contributed by atoms with E-state index in [1.54, 1.807) is 0 Å². The number of aromatic nitrogens is 4. The summed E-state index contributed by atoms with van der Waals surface area (Å²) >= 11 is 0. The first-order valence-corrected chi connectivity index (χ1v) is 10.5. The highest BCUT2D eigenvalue weighted by molar-refractivity contribution is 5.83. The molecule has 160 valence electrons. The van der Waals surface area contributed by atoms with Crippen LogP contribution in [0.15, 0.2) is 28.9 Å². The Kier molecular flexibility index (Phi) is 4.76. The molecule has 0 saturated carbocycles. The Morgan fingerprint density at radius 2 is 1.97 bits per heavy atom. The van der Waals surface area contributed by atoms with Crippen molar-refractivity contribution >= 4 is 16.9 Å². The molecular weight excluding hydrogens is 384 g/mol. The van der Waals surface area contributed by atoms with E-state index in [2.05, 4.69) is 40.1 Å². The molecule has 1 spiro atoms. The van der Waals surface area contributed by atoms with E-state index in [0.717, 1.165) is 55.5 Å². The number of fused-ring (bicyclic) bond motifs is 1. The van der Waals surface area contributed by atoms with E-state index < -0.39 is 6.41 Å². The largest absolute Gasteiger partial charge is 0.356 e. The van der Waals surface area contributed by atoms with E-state index in [4.69, 9.17) is 9.26 Å². The first-order chi connectivity index (χ1) is 14.5. The number of rotatable bonds is 5. The molecule has 2 aromatic heterocycles. The first-order valence-electron chi connectivity index (χ1n) is 10.5. The van der Waals surface area contributed by atoms with Gasteiger partial charge in [-0.25, -0.2) is 0 Å². The third kappa shape index (κ3) is 3.27. The summed E-state index contributed by atoms with van der Waals surface area (Å²) in [6.07, 6.45) is 3.14. The molecule has 2 saturated heterocycles. The molecule has 1 N–H and O–H groups in total. The van der Waals surface area contributed by atoms with Crippen LogP contribution in [0.3, 0.4) is 0 Å². The third-order valence-corrected chi connectivity index (χ3v) is 6.47. The van der Waals surface area contributed by atoms with Gasteiger partial charge in [0.25, 0.3) is 0 Å². The normalized spacial score (nSPS) is 20.2. The molecule has 1 aromatic carbocycles. The summed E-state index contributed by atoms with van der Waals surface area (Å²) in [6, 6.07) is 7.00. The Morgan fingerprint density at radius 1 is 1.20 bits per heavy atom. The van der Waals surface area contributed by atoms with E-state index >= 15 is 0 Å². The zero-order chi connectivity index (χ0) is 20.9. The Bertz CT molecular complexity index is 1030. The maximum atomic E-state index is 9.84. The molecule has 9 heteroatoms. The number of benzene rings is 1. The van der Waals surface area contributed by atoms with Crippen molar-refractivity contribution in [3.63, 3.8) is 0 Å². The van der Waals surface area contributed by atoms with E-state index in [0.29, 0.717) is 11.8 Å². The summed E-state index contributed by atoms with van der Waals surface area (Å²) in [5, 5.41) is 19.6. The maximum Gasteiger partial charge on any atom is 0.324 e. The van der Waals surface area contributed by atoms with Gasteiger partial charge in [-0.1, -0.05) is 17.3 Å². The Balaban J connectivity index is 1.27. The van der Waals surface area contributed by atoms with Crippen molar-refractivity contribution in [2.75, 3.05) is 38.2 Å². The van der Waals surface area contributed by atoms with Gasteiger partial charge in [-0.05, 0) is 32.8 Å². The topological polar surface area (TPSA) is 92.7 Å². The van der Waals surface area contributed by atoms with Crippen molar-refractivity contribution in [1.29, 1.82) is 0 Å². The molecule has 1 atom stereocenters. The molecule has 4 heterocycles. The molecule has 0 aliphatic carbocycles. The molecule has 9 nitrogen and oxygen atoms in total. The summed E-state index contributed by atoms with van der Waals surface area (Å²) in [4.78, 5) is 8.77. The number of aliphatic hydroxyl groups is 1. The van der Waals surface area contributed by atoms with Crippen molar-refractivity contribution in [2.24, 2.45) is 5.41 Å². The summed E-state index contributed by atoms with van der Waals surface area (Å²) in [6.45, 7) is 7.72. The van der Waals surface area contributed by atoms with Crippen LogP contribution in [0.5, 0.6) is 0 Å². The zero-order valence-corrected chi connectivity index (χ0v) is 17.7. The number of ether oxygens (including phenoxy) is 1. The van der Waals surface area contributed by atoms with Gasteiger partial charge in [-0.2, -0.15) is 10.1 Å². The standard InChI is InChI=1S/C21H28N6O3/c1-14(2)27-17-10-15(4-5-16(17)11-22-27)18-23-19(30-24-18)26-12-21(13-26)6-8-25(9-7-21)20(28)29-3/h4-5,10-11,14,20,28H,6-9,12-13H2,1-3H3. The molecule has 1 unspecified atom stereocenters. The highest BCUT2D eigenvalue weighted by atomic mass is 16.6. The van der Waals surface area contributed by atoms with Gasteiger partial charge < -0.3 is 19.3 Å². The highest BCUT2D eigenvalue weighted by Gasteiger charge is 2.47. The number of hydrogen-bond donors (Lipinski definition) is 1. The predicted octanol–water partition coefficient (Wildman–Crippen LogP) is 2.49. The molecule has 0 bridgehead atoms. The van der Waals surface area contributed by atoms with Crippen LogP contribution in [0.2, 0.25) is 0 Å². The molecule has 5 rings (SSSR count).